The highest BCUT2D eigenvalue weighted by Gasteiger charge is 2.32. The number of halogens is 1. The maximum atomic E-state index is 12.3. The van der Waals surface area contributed by atoms with Crippen molar-refractivity contribution in [2.75, 3.05) is 6.54 Å². The first-order valence-electron chi connectivity index (χ1n) is 7.85. The van der Waals surface area contributed by atoms with E-state index in [1.54, 1.807) is 0 Å². The topological polar surface area (TPSA) is 55.1 Å². The fraction of sp³-hybridized carbons (Fsp3) is 0.611. The van der Waals surface area contributed by atoms with Gasteiger partial charge in [0.05, 0.1) is 6.04 Å². The van der Waals surface area contributed by atoms with Gasteiger partial charge in [0.2, 0.25) is 5.91 Å². The SMILES string of the molecule is CCC(CC)(CNC(=O)[C@@H](N)C(C)(C)C)c1ccccc1.Cl. The molecule has 22 heavy (non-hydrogen) atoms. The molecule has 0 saturated heterocycles. The minimum absolute atomic E-state index is 0. The second kappa shape index (κ2) is 8.54. The van der Waals surface area contributed by atoms with Gasteiger partial charge in [-0.2, -0.15) is 0 Å². The molecular formula is C18H31ClN2O. The van der Waals surface area contributed by atoms with Crippen LogP contribution in [0, 0.1) is 5.41 Å². The standard InChI is InChI=1S/C18H30N2O.ClH/c1-6-18(7-2,14-11-9-8-10-12-14)13-20-16(21)15(19)17(3,4)5;/h8-12,15H,6-7,13,19H2,1-5H3,(H,20,21);1H/t15-;/m1./s1. The van der Waals surface area contributed by atoms with Crippen LogP contribution in [0.25, 0.3) is 0 Å². The molecule has 0 unspecified atom stereocenters. The predicted molar refractivity (Wildman–Crippen MR) is 96.4 cm³/mol. The summed E-state index contributed by atoms with van der Waals surface area (Å²) in [7, 11) is 0. The number of rotatable bonds is 6. The van der Waals surface area contributed by atoms with Crippen LogP contribution < -0.4 is 11.1 Å². The molecule has 0 aromatic heterocycles. The smallest absolute Gasteiger partial charge is 0.237 e. The van der Waals surface area contributed by atoms with Crippen LogP contribution in [0.2, 0.25) is 0 Å². The van der Waals surface area contributed by atoms with E-state index < -0.39 is 6.04 Å². The number of carbonyl (C=O) groups is 1. The highest BCUT2D eigenvalue weighted by molar-refractivity contribution is 5.85. The largest absolute Gasteiger partial charge is 0.354 e. The average Bonchev–Trinajstić information content (AvgIpc) is 2.48. The second-order valence-corrected chi connectivity index (χ2v) is 6.91. The van der Waals surface area contributed by atoms with Gasteiger partial charge in [-0.15, -0.1) is 12.4 Å². The third-order valence-electron chi connectivity index (χ3n) is 4.56. The molecular weight excluding hydrogens is 296 g/mol. The van der Waals surface area contributed by atoms with Crippen molar-refractivity contribution >= 4 is 18.3 Å². The van der Waals surface area contributed by atoms with Crippen molar-refractivity contribution in [1.29, 1.82) is 0 Å². The van der Waals surface area contributed by atoms with Gasteiger partial charge in [-0.25, -0.2) is 0 Å². The number of benzene rings is 1. The van der Waals surface area contributed by atoms with E-state index in [2.05, 4.69) is 43.4 Å². The number of nitrogens with one attached hydrogen (secondary N) is 1. The fourth-order valence-corrected chi connectivity index (χ4v) is 2.56. The Morgan fingerprint density at radius 1 is 1.14 bits per heavy atom. The van der Waals surface area contributed by atoms with Crippen LogP contribution in [0.1, 0.15) is 53.0 Å². The number of hydrogen-bond donors (Lipinski definition) is 2. The van der Waals surface area contributed by atoms with Crippen LogP contribution in [0.5, 0.6) is 0 Å². The average molecular weight is 327 g/mol. The van der Waals surface area contributed by atoms with Gasteiger partial charge >= 0.3 is 0 Å². The lowest BCUT2D eigenvalue weighted by Crippen LogP contribution is -2.51. The van der Waals surface area contributed by atoms with E-state index in [1.807, 2.05) is 26.8 Å². The van der Waals surface area contributed by atoms with E-state index in [4.69, 9.17) is 5.73 Å². The Morgan fingerprint density at radius 2 is 1.64 bits per heavy atom. The summed E-state index contributed by atoms with van der Waals surface area (Å²) < 4.78 is 0. The Labute approximate surface area is 141 Å². The maximum absolute atomic E-state index is 12.3. The Kier molecular flexibility index (Phi) is 8.13. The molecule has 0 aliphatic carbocycles. The van der Waals surface area contributed by atoms with Gasteiger partial charge < -0.3 is 11.1 Å². The molecule has 0 spiro atoms. The van der Waals surface area contributed by atoms with Gasteiger partial charge in [-0.1, -0.05) is 65.0 Å². The van der Waals surface area contributed by atoms with Crippen molar-refractivity contribution in [3.63, 3.8) is 0 Å². The van der Waals surface area contributed by atoms with E-state index in [0.29, 0.717) is 6.54 Å². The Hall–Kier alpha value is -1.06. The summed E-state index contributed by atoms with van der Waals surface area (Å²) >= 11 is 0. The summed E-state index contributed by atoms with van der Waals surface area (Å²) in [5, 5.41) is 3.07. The summed E-state index contributed by atoms with van der Waals surface area (Å²) in [6.07, 6.45) is 1.97. The molecule has 0 radical (unpaired) electrons. The molecule has 126 valence electrons. The molecule has 0 saturated carbocycles. The number of nitrogens with two attached hydrogens (primary N) is 1. The molecule has 1 aromatic rings. The third kappa shape index (κ3) is 4.99. The van der Waals surface area contributed by atoms with Crippen LogP contribution in [0.3, 0.4) is 0 Å². The van der Waals surface area contributed by atoms with Gasteiger partial charge in [0, 0.05) is 12.0 Å². The summed E-state index contributed by atoms with van der Waals surface area (Å²) in [5.41, 5.74) is 7.07. The number of carbonyl (C=O) groups excluding carboxylic acids is 1. The van der Waals surface area contributed by atoms with Gasteiger partial charge in [-0.3, -0.25) is 4.79 Å². The number of amides is 1. The molecule has 0 bridgehead atoms. The van der Waals surface area contributed by atoms with Gasteiger partial charge in [0.15, 0.2) is 0 Å². The van der Waals surface area contributed by atoms with Crippen molar-refractivity contribution in [2.24, 2.45) is 11.1 Å². The van der Waals surface area contributed by atoms with E-state index in [0.717, 1.165) is 12.8 Å². The Balaban J connectivity index is 0.00000441. The van der Waals surface area contributed by atoms with Crippen molar-refractivity contribution in [1.82, 2.24) is 5.32 Å². The first kappa shape index (κ1) is 20.9. The van der Waals surface area contributed by atoms with Crippen LogP contribution in [-0.4, -0.2) is 18.5 Å². The highest BCUT2D eigenvalue weighted by atomic mass is 35.5. The van der Waals surface area contributed by atoms with E-state index in [9.17, 15) is 4.79 Å². The van der Waals surface area contributed by atoms with Crippen LogP contribution in [0.15, 0.2) is 30.3 Å². The van der Waals surface area contributed by atoms with Gasteiger partial charge in [0.1, 0.15) is 0 Å². The molecule has 1 aromatic carbocycles. The molecule has 0 fully saturated rings. The quantitative estimate of drug-likeness (QED) is 0.838. The van der Waals surface area contributed by atoms with Crippen molar-refractivity contribution in [3.05, 3.63) is 35.9 Å². The van der Waals surface area contributed by atoms with Crippen molar-refractivity contribution < 1.29 is 4.79 Å². The second-order valence-electron chi connectivity index (χ2n) is 6.91. The van der Waals surface area contributed by atoms with Crippen molar-refractivity contribution in [2.45, 2.75) is 58.9 Å². The third-order valence-corrected chi connectivity index (χ3v) is 4.56. The zero-order valence-corrected chi connectivity index (χ0v) is 15.3. The summed E-state index contributed by atoms with van der Waals surface area (Å²) in [6.45, 7) is 10.9. The Morgan fingerprint density at radius 3 is 2.05 bits per heavy atom. The highest BCUT2D eigenvalue weighted by Crippen LogP contribution is 2.31. The molecule has 1 rings (SSSR count). The lowest BCUT2D eigenvalue weighted by Gasteiger charge is -2.34. The zero-order chi connectivity index (χ0) is 16.1. The fourth-order valence-electron chi connectivity index (χ4n) is 2.56. The Bertz CT molecular complexity index is 450. The van der Waals surface area contributed by atoms with E-state index in [-0.39, 0.29) is 29.1 Å². The van der Waals surface area contributed by atoms with E-state index in [1.165, 1.54) is 5.56 Å². The van der Waals surface area contributed by atoms with Crippen LogP contribution in [0.4, 0.5) is 0 Å². The lowest BCUT2D eigenvalue weighted by molar-refractivity contribution is -0.124. The molecule has 1 amide bonds. The van der Waals surface area contributed by atoms with Crippen LogP contribution >= 0.6 is 12.4 Å². The predicted octanol–water partition coefficient (Wildman–Crippen LogP) is 3.66. The molecule has 4 heteroatoms. The minimum Gasteiger partial charge on any atom is -0.354 e. The zero-order valence-electron chi connectivity index (χ0n) is 14.5. The summed E-state index contributed by atoms with van der Waals surface area (Å²) in [6, 6.07) is 9.93. The van der Waals surface area contributed by atoms with Gasteiger partial charge in [0.25, 0.3) is 0 Å². The van der Waals surface area contributed by atoms with Crippen molar-refractivity contribution in [3.8, 4) is 0 Å². The monoisotopic (exact) mass is 326 g/mol. The number of hydrogen-bond acceptors (Lipinski definition) is 2. The molecule has 0 aliphatic rings. The minimum atomic E-state index is -0.486. The van der Waals surface area contributed by atoms with Gasteiger partial charge in [-0.05, 0) is 23.8 Å². The summed E-state index contributed by atoms with van der Waals surface area (Å²) in [5.74, 6) is -0.0651. The first-order valence-corrected chi connectivity index (χ1v) is 7.85. The molecule has 3 N–H and O–H groups in total. The maximum Gasteiger partial charge on any atom is 0.237 e. The molecule has 1 atom stereocenters. The lowest BCUT2D eigenvalue weighted by atomic mass is 9.75. The molecule has 0 heterocycles. The van der Waals surface area contributed by atoms with Crippen LogP contribution in [-0.2, 0) is 10.2 Å². The molecule has 0 aliphatic heterocycles. The first-order chi connectivity index (χ1) is 9.77. The normalized spacial score (nSPS) is 13.2. The summed E-state index contributed by atoms with van der Waals surface area (Å²) in [4.78, 5) is 12.3. The molecule has 3 nitrogen and oxygen atoms in total. The van der Waals surface area contributed by atoms with E-state index >= 15 is 0 Å².